The number of carbonyl (C=O) groups is 2. The third-order valence-corrected chi connectivity index (χ3v) is 7.04. The molecule has 3 atom stereocenters. The van der Waals surface area contributed by atoms with Gasteiger partial charge in [-0.05, 0) is 48.2 Å². The molecule has 0 bridgehead atoms. The standard InChI is InChI=1S/C34H32N2O3/c37-33-24-23-31(30(35-29-19-11-4-12-20-29)22-21-26-13-5-1-6-14-26)36(33)32(27-15-7-2-8-16-27)25-39-34(38)28-17-9-3-10-18-28/h1-20,23-24,30-32,35H,21-22,25H2/t30-,31-,32+/m1/s1. The number of nitrogens with one attached hydrogen (secondary N) is 1. The summed E-state index contributed by atoms with van der Waals surface area (Å²) in [6.45, 7) is 0.0540. The Hall–Kier alpha value is -4.64. The minimum Gasteiger partial charge on any atom is -0.460 e. The van der Waals surface area contributed by atoms with Crippen LogP contribution in [-0.2, 0) is 16.0 Å². The molecule has 4 aromatic carbocycles. The van der Waals surface area contributed by atoms with Crippen LogP contribution in [0.3, 0.4) is 0 Å². The molecule has 0 aromatic heterocycles. The molecule has 0 unspecified atom stereocenters. The number of benzene rings is 4. The maximum atomic E-state index is 13.4. The minimum absolute atomic E-state index is 0.0540. The average Bonchev–Trinajstić information content (AvgIpc) is 3.38. The van der Waals surface area contributed by atoms with Gasteiger partial charge in [-0.3, -0.25) is 4.79 Å². The number of ether oxygens (including phenoxy) is 1. The molecule has 0 saturated carbocycles. The van der Waals surface area contributed by atoms with Gasteiger partial charge in [0.1, 0.15) is 6.61 Å². The van der Waals surface area contributed by atoms with E-state index in [-0.39, 0.29) is 24.6 Å². The average molecular weight is 517 g/mol. The van der Waals surface area contributed by atoms with Crippen LogP contribution in [-0.4, -0.2) is 35.5 Å². The van der Waals surface area contributed by atoms with Gasteiger partial charge in [0.2, 0.25) is 5.91 Å². The van der Waals surface area contributed by atoms with Crippen molar-refractivity contribution in [2.75, 3.05) is 11.9 Å². The molecular formula is C34H32N2O3. The molecule has 196 valence electrons. The number of aryl methyl sites for hydroxylation is 1. The zero-order valence-corrected chi connectivity index (χ0v) is 21.7. The quantitative estimate of drug-likeness (QED) is 0.232. The van der Waals surface area contributed by atoms with E-state index in [4.69, 9.17) is 4.74 Å². The largest absolute Gasteiger partial charge is 0.460 e. The molecule has 1 N–H and O–H groups in total. The summed E-state index contributed by atoms with van der Waals surface area (Å²) in [6, 6.07) is 38.4. The van der Waals surface area contributed by atoms with E-state index in [1.54, 1.807) is 18.2 Å². The predicted octanol–water partition coefficient (Wildman–Crippen LogP) is 6.47. The zero-order valence-electron chi connectivity index (χ0n) is 21.7. The van der Waals surface area contributed by atoms with Gasteiger partial charge in [-0.2, -0.15) is 0 Å². The molecule has 5 heteroatoms. The fourth-order valence-electron chi connectivity index (χ4n) is 5.06. The van der Waals surface area contributed by atoms with Crippen molar-refractivity contribution >= 4 is 17.6 Å². The van der Waals surface area contributed by atoms with Crippen LogP contribution in [0.4, 0.5) is 5.69 Å². The predicted molar refractivity (Wildman–Crippen MR) is 154 cm³/mol. The Morgan fingerprint density at radius 3 is 2.05 bits per heavy atom. The molecule has 0 spiro atoms. The van der Waals surface area contributed by atoms with Gasteiger partial charge in [0.15, 0.2) is 0 Å². The van der Waals surface area contributed by atoms with Crippen molar-refractivity contribution in [2.45, 2.75) is 31.0 Å². The summed E-state index contributed by atoms with van der Waals surface area (Å²) in [5.74, 6) is -0.500. The van der Waals surface area contributed by atoms with Gasteiger partial charge in [-0.25, -0.2) is 4.79 Å². The monoisotopic (exact) mass is 516 g/mol. The van der Waals surface area contributed by atoms with E-state index in [1.807, 2.05) is 108 Å². The first-order valence-corrected chi connectivity index (χ1v) is 13.3. The lowest BCUT2D eigenvalue weighted by Gasteiger charge is -2.38. The first-order valence-electron chi connectivity index (χ1n) is 13.3. The highest BCUT2D eigenvalue weighted by Crippen LogP contribution is 2.31. The second-order valence-electron chi connectivity index (χ2n) is 9.63. The highest BCUT2D eigenvalue weighted by Gasteiger charge is 2.38. The van der Waals surface area contributed by atoms with Crippen molar-refractivity contribution in [1.82, 2.24) is 4.90 Å². The number of amides is 1. The molecule has 39 heavy (non-hydrogen) atoms. The van der Waals surface area contributed by atoms with Gasteiger partial charge in [0, 0.05) is 11.8 Å². The second kappa shape index (κ2) is 12.7. The molecule has 0 saturated heterocycles. The smallest absolute Gasteiger partial charge is 0.338 e. The van der Waals surface area contributed by atoms with Crippen LogP contribution in [0.15, 0.2) is 133 Å². The Morgan fingerprint density at radius 2 is 1.38 bits per heavy atom. The van der Waals surface area contributed by atoms with Crippen molar-refractivity contribution in [1.29, 1.82) is 0 Å². The van der Waals surface area contributed by atoms with Crippen molar-refractivity contribution in [3.8, 4) is 0 Å². The number of esters is 1. The Labute approximate surface area is 229 Å². The number of carbonyl (C=O) groups excluding carboxylic acids is 2. The van der Waals surface area contributed by atoms with Crippen molar-refractivity contribution in [2.24, 2.45) is 0 Å². The molecule has 0 radical (unpaired) electrons. The molecule has 1 aliphatic rings. The van der Waals surface area contributed by atoms with E-state index in [1.165, 1.54) is 5.56 Å². The molecule has 1 heterocycles. The molecule has 5 rings (SSSR count). The number of hydrogen-bond donors (Lipinski definition) is 1. The van der Waals surface area contributed by atoms with Crippen LogP contribution in [0.2, 0.25) is 0 Å². The Kier molecular flexibility index (Phi) is 8.49. The van der Waals surface area contributed by atoms with E-state index < -0.39 is 12.0 Å². The lowest BCUT2D eigenvalue weighted by Crippen LogP contribution is -2.48. The van der Waals surface area contributed by atoms with Crippen LogP contribution in [0.5, 0.6) is 0 Å². The topological polar surface area (TPSA) is 58.6 Å². The van der Waals surface area contributed by atoms with Crippen molar-refractivity contribution < 1.29 is 14.3 Å². The van der Waals surface area contributed by atoms with E-state index in [0.717, 1.165) is 24.1 Å². The van der Waals surface area contributed by atoms with E-state index in [0.29, 0.717) is 5.56 Å². The number of rotatable bonds is 11. The Balaban J connectivity index is 1.42. The SMILES string of the molecule is O=C(OC[C@@H](c1ccccc1)N1C(=O)C=C[C@@H]1[C@@H](CCc1ccccc1)Nc1ccccc1)c1ccccc1. The summed E-state index contributed by atoms with van der Waals surface area (Å²) in [6.07, 6.45) is 5.28. The molecule has 4 aromatic rings. The third-order valence-electron chi connectivity index (χ3n) is 7.04. The maximum Gasteiger partial charge on any atom is 0.338 e. The van der Waals surface area contributed by atoms with E-state index in [2.05, 4.69) is 17.4 Å². The minimum atomic E-state index is -0.442. The van der Waals surface area contributed by atoms with Crippen LogP contribution >= 0.6 is 0 Å². The van der Waals surface area contributed by atoms with Gasteiger partial charge in [0.25, 0.3) is 0 Å². The number of nitrogens with zero attached hydrogens (tertiary/aromatic N) is 1. The lowest BCUT2D eigenvalue weighted by atomic mass is 9.96. The molecule has 1 amide bonds. The van der Waals surface area contributed by atoms with Gasteiger partial charge < -0.3 is 15.0 Å². The van der Waals surface area contributed by atoms with Gasteiger partial charge in [-0.15, -0.1) is 0 Å². The fraction of sp³-hybridized carbons (Fsp3) is 0.176. The number of anilines is 1. The van der Waals surface area contributed by atoms with Crippen LogP contribution in [0.1, 0.15) is 33.9 Å². The van der Waals surface area contributed by atoms with Crippen LogP contribution in [0.25, 0.3) is 0 Å². The van der Waals surface area contributed by atoms with Crippen LogP contribution in [0, 0.1) is 0 Å². The normalized spacial score (nSPS) is 16.1. The Morgan fingerprint density at radius 1 is 0.795 bits per heavy atom. The summed E-state index contributed by atoms with van der Waals surface area (Å²) in [5, 5.41) is 3.69. The number of hydrogen-bond acceptors (Lipinski definition) is 4. The van der Waals surface area contributed by atoms with Gasteiger partial charge in [0.05, 0.1) is 23.7 Å². The Bertz CT molecular complexity index is 1380. The second-order valence-corrected chi connectivity index (χ2v) is 9.63. The molecule has 0 fully saturated rings. The molecular weight excluding hydrogens is 484 g/mol. The summed E-state index contributed by atoms with van der Waals surface area (Å²) in [7, 11) is 0. The first kappa shape index (κ1) is 26.0. The van der Waals surface area contributed by atoms with Crippen molar-refractivity contribution in [3.05, 3.63) is 150 Å². The zero-order chi connectivity index (χ0) is 26.9. The van der Waals surface area contributed by atoms with Gasteiger partial charge in [-0.1, -0.05) is 103 Å². The molecule has 0 aliphatic carbocycles. The number of para-hydroxylation sites is 1. The van der Waals surface area contributed by atoms with E-state index >= 15 is 0 Å². The maximum absolute atomic E-state index is 13.4. The fourth-order valence-corrected chi connectivity index (χ4v) is 5.06. The summed E-state index contributed by atoms with van der Waals surface area (Å²) in [4.78, 5) is 28.1. The van der Waals surface area contributed by atoms with E-state index in [9.17, 15) is 9.59 Å². The van der Waals surface area contributed by atoms with Gasteiger partial charge >= 0.3 is 5.97 Å². The first-order chi connectivity index (χ1) is 19.2. The van der Waals surface area contributed by atoms with Crippen molar-refractivity contribution in [3.63, 3.8) is 0 Å². The molecule has 5 nitrogen and oxygen atoms in total. The summed E-state index contributed by atoms with van der Waals surface area (Å²) < 4.78 is 5.80. The van der Waals surface area contributed by atoms with Crippen LogP contribution < -0.4 is 5.32 Å². The highest BCUT2D eigenvalue weighted by atomic mass is 16.5. The lowest BCUT2D eigenvalue weighted by molar-refractivity contribution is -0.130. The summed E-state index contributed by atoms with van der Waals surface area (Å²) >= 11 is 0. The highest BCUT2D eigenvalue weighted by molar-refractivity contribution is 5.91. The third kappa shape index (κ3) is 6.63. The summed E-state index contributed by atoms with van der Waals surface area (Å²) in [5.41, 5.74) is 3.64. The molecule has 1 aliphatic heterocycles.